The van der Waals surface area contributed by atoms with Gasteiger partial charge in [0.25, 0.3) is 20.0 Å². The Kier molecular flexibility index (Phi) is 6.74. The lowest BCUT2D eigenvalue weighted by molar-refractivity contribution is -0.438. The minimum Gasteiger partial charge on any atom is -0.244 e. The molecule has 0 fully saturated rings. The van der Waals surface area contributed by atoms with Crippen LogP contribution in [0.25, 0.3) is 0 Å². The van der Waals surface area contributed by atoms with Crippen LogP contribution in [0.15, 0.2) is 29.2 Å². The third-order valence-electron chi connectivity index (χ3n) is 2.81. The van der Waals surface area contributed by atoms with Crippen molar-refractivity contribution in [3.63, 3.8) is 0 Å². The number of benzene rings is 1. The van der Waals surface area contributed by atoms with Gasteiger partial charge in [0.15, 0.2) is 0 Å². The quantitative estimate of drug-likeness (QED) is 0.291. The number of aryl methyl sites for hydroxylation is 1. The summed E-state index contributed by atoms with van der Waals surface area (Å²) in [6, 6.07) is 3.65. The molecule has 0 heterocycles. The third-order valence-corrected chi connectivity index (χ3v) is 7.00. The first kappa shape index (κ1) is 25.2. The fourth-order valence-electron chi connectivity index (χ4n) is 1.40. The normalized spacial score (nSPS) is 14.9. The fraction of sp³-hybridized carbons (Fsp3) is 0.455. The average Bonchev–Trinajstić information content (AvgIpc) is 2.43. The highest BCUT2D eigenvalue weighted by Gasteiger charge is 2.74. The van der Waals surface area contributed by atoms with Crippen LogP contribution in [0.2, 0.25) is 0 Å². The standard InChI is InChI=1S/C11H8F8INO5S2/c1-6-2-4-7(5-3-6)27(22,23)21-28(24,25)11(18,19)10(16,17)26-9(14,15)8(12,13)20/h2-5,21H,1H3. The van der Waals surface area contributed by atoms with E-state index in [2.05, 4.69) is 4.74 Å². The molecule has 6 nitrogen and oxygen atoms in total. The maximum atomic E-state index is 13.6. The summed E-state index contributed by atoms with van der Waals surface area (Å²) in [6.07, 6.45) is -13.0. The fourth-order valence-corrected chi connectivity index (χ4v) is 4.31. The molecule has 1 aromatic rings. The predicted octanol–water partition coefficient (Wildman–Crippen LogP) is 3.43. The van der Waals surface area contributed by atoms with E-state index in [4.69, 9.17) is 0 Å². The molecule has 0 amide bonds. The molecule has 162 valence electrons. The highest BCUT2D eigenvalue weighted by atomic mass is 127. The Morgan fingerprint density at radius 1 is 0.857 bits per heavy atom. The maximum absolute atomic E-state index is 13.6. The zero-order valence-electron chi connectivity index (χ0n) is 13.1. The van der Waals surface area contributed by atoms with Gasteiger partial charge in [0, 0.05) is 22.6 Å². The van der Waals surface area contributed by atoms with Crippen LogP contribution in [0.4, 0.5) is 35.1 Å². The lowest BCUT2D eigenvalue weighted by Crippen LogP contribution is -2.58. The van der Waals surface area contributed by atoms with Crippen molar-refractivity contribution in [2.45, 2.75) is 33.2 Å². The molecule has 17 heteroatoms. The molecule has 0 spiro atoms. The Labute approximate surface area is 166 Å². The van der Waals surface area contributed by atoms with Gasteiger partial charge in [-0.3, -0.25) is 0 Å². The van der Waals surface area contributed by atoms with Crippen molar-refractivity contribution in [3.05, 3.63) is 29.8 Å². The van der Waals surface area contributed by atoms with Gasteiger partial charge in [0.05, 0.1) is 4.90 Å². The molecule has 0 aliphatic heterocycles. The largest absolute Gasteiger partial charge is 0.449 e. The molecule has 1 aromatic carbocycles. The Balaban J connectivity index is 3.28. The molecule has 0 aliphatic rings. The first-order chi connectivity index (χ1) is 12.2. The number of halogens is 9. The summed E-state index contributed by atoms with van der Waals surface area (Å²) in [5, 5.41) is -6.69. The van der Waals surface area contributed by atoms with Crippen LogP contribution in [0, 0.1) is 6.92 Å². The van der Waals surface area contributed by atoms with Crippen molar-refractivity contribution in [1.82, 2.24) is 4.13 Å². The van der Waals surface area contributed by atoms with E-state index in [1.165, 1.54) is 6.92 Å². The molecule has 0 saturated heterocycles. The summed E-state index contributed by atoms with van der Waals surface area (Å²) < 4.78 is 148. The average molecular weight is 577 g/mol. The molecular formula is C11H8F8INO5S2. The molecule has 0 aromatic heterocycles. The van der Waals surface area contributed by atoms with Gasteiger partial charge in [-0.1, -0.05) is 21.8 Å². The van der Waals surface area contributed by atoms with E-state index in [1.807, 2.05) is 0 Å². The lowest BCUT2D eigenvalue weighted by Gasteiger charge is -2.30. The number of ether oxygens (including phenoxy) is 1. The monoisotopic (exact) mass is 577 g/mol. The van der Waals surface area contributed by atoms with Gasteiger partial charge in [-0.2, -0.15) is 35.1 Å². The second-order valence-corrected chi connectivity index (χ2v) is 10.1. The van der Waals surface area contributed by atoms with Crippen molar-refractivity contribution in [1.29, 1.82) is 0 Å². The van der Waals surface area contributed by atoms with E-state index in [1.54, 1.807) is 0 Å². The Bertz CT molecular complexity index is 929. The number of rotatable bonds is 8. The summed E-state index contributed by atoms with van der Waals surface area (Å²) in [4.78, 5) is -0.953. The Morgan fingerprint density at radius 2 is 1.29 bits per heavy atom. The highest BCUT2D eigenvalue weighted by molar-refractivity contribution is 14.1. The predicted molar refractivity (Wildman–Crippen MR) is 85.3 cm³/mol. The van der Waals surface area contributed by atoms with Crippen molar-refractivity contribution >= 4 is 42.6 Å². The van der Waals surface area contributed by atoms with Crippen molar-refractivity contribution in [3.8, 4) is 0 Å². The summed E-state index contributed by atoms with van der Waals surface area (Å²) >= 11 is -0.407. The van der Waals surface area contributed by atoms with Gasteiger partial charge in [-0.25, -0.2) is 21.6 Å². The summed E-state index contributed by atoms with van der Waals surface area (Å²) in [5.74, 6) is 0. The number of hydrogen-bond donors (Lipinski definition) is 1. The molecule has 28 heavy (non-hydrogen) atoms. The van der Waals surface area contributed by atoms with Crippen molar-refractivity contribution in [2.75, 3.05) is 0 Å². The van der Waals surface area contributed by atoms with Gasteiger partial charge < -0.3 is 0 Å². The third kappa shape index (κ3) is 5.03. The van der Waals surface area contributed by atoms with Gasteiger partial charge >= 0.3 is 21.4 Å². The molecule has 0 radical (unpaired) electrons. The zero-order chi connectivity index (χ0) is 22.4. The van der Waals surface area contributed by atoms with Crippen LogP contribution in [-0.2, 0) is 24.8 Å². The molecule has 0 bridgehead atoms. The van der Waals surface area contributed by atoms with Gasteiger partial charge in [-0.15, -0.1) is 0 Å². The lowest BCUT2D eigenvalue weighted by atomic mass is 10.2. The number of sulfonamides is 2. The highest BCUT2D eigenvalue weighted by Crippen LogP contribution is 2.48. The van der Waals surface area contributed by atoms with Crippen LogP contribution in [0.3, 0.4) is 0 Å². The van der Waals surface area contributed by atoms with Crippen LogP contribution in [0.1, 0.15) is 5.56 Å². The second-order valence-electron chi connectivity index (χ2n) is 5.05. The van der Waals surface area contributed by atoms with E-state index < -0.39 is 68.9 Å². The minimum atomic E-state index is -6.98. The van der Waals surface area contributed by atoms with Crippen LogP contribution in [-0.4, -0.2) is 38.2 Å². The van der Waals surface area contributed by atoms with Gasteiger partial charge in [0.1, 0.15) is 0 Å². The first-order valence-electron chi connectivity index (χ1n) is 6.41. The molecule has 1 N–H and O–H groups in total. The van der Waals surface area contributed by atoms with E-state index in [-0.39, 0.29) is 4.13 Å². The molecule has 0 unspecified atom stereocenters. The number of hydrogen-bond acceptors (Lipinski definition) is 5. The van der Waals surface area contributed by atoms with Crippen molar-refractivity contribution in [2.24, 2.45) is 0 Å². The second kappa shape index (κ2) is 7.47. The van der Waals surface area contributed by atoms with Gasteiger partial charge in [-0.05, 0) is 19.1 Å². The summed E-state index contributed by atoms with van der Waals surface area (Å²) in [7, 11) is -12.4. The molecule has 1 rings (SSSR count). The molecule has 0 saturated carbocycles. The zero-order valence-corrected chi connectivity index (χ0v) is 16.9. The van der Waals surface area contributed by atoms with Crippen molar-refractivity contribution < 1.29 is 56.7 Å². The summed E-state index contributed by atoms with van der Waals surface area (Å²) in [5.41, 5.74) is 0.453. The molecule has 0 atom stereocenters. The minimum absolute atomic E-state index is 0.239. The van der Waals surface area contributed by atoms with E-state index in [0.29, 0.717) is 5.56 Å². The molecular weight excluding hydrogens is 569 g/mol. The van der Waals surface area contributed by atoms with Crippen LogP contribution in [0.5, 0.6) is 0 Å². The molecule has 0 aliphatic carbocycles. The summed E-state index contributed by atoms with van der Waals surface area (Å²) in [6.45, 7) is 1.47. The first-order valence-corrected chi connectivity index (χ1v) is 10.5. The Morgan fingerprint density at radius 3 is 1.68 bits per heavy atom. The Hall–Kier alpha value is -0.790. The SMILES string of the molecule is Cc1ccc(S(=O)(=O)NS(=O)(=O)C(F)(F)C(F)(F)OC(F)(F)C(F)(F)I)cc1. The topological polar surface area (TPSA) is 89.5 Å². The van der Waals surface area contributed by atoms with Gasteiger partial charge in [0.2, 0.25) is 0 Å². The van der Waals surface area contributed by atoms with E-state index in [0.717, 1.165) is 24.3 Å². The van der Waals surface area contributed by atoms with Crippen LogP contribution < -0.4 is 4.13 Å². The smallest absolute Gasteiger partial charge is 0.244 e. The number of alkyl halides is 9. The maximum Gasteiger partial charge on any atom is 0.449 e. The van der Waals surface area contributed by atoms with E-state index in [9.17, 15) is 52.0 Å². The van der Waals surface area contributed by atoms with Crippen LogP contribution >= 0.6 is 22.6 Å². The number of nitrogens with one attached hydrogen (secondary N) is 1. The van der Waals surface area contributed by atoms with E-state index >= 15 is 0 Å².